The third-order valence-electron chi connectivity index (χ3n) is 2.49. The van der Waals surface area contributed by atoms with Gasteiger partial charge < -0.3 is 16.2 Å². The summed E-state index contributed by atoms with van der Waals surface area (Å²) < 4.78 is 0. The van der Waals surface area contributed by atoms with Crippen molar-refractivity contribution in [2.75, 3.05) is 0 Å². The number of carboxylic acids is 1. The lowest BCUT2D eigenvalue weighted by Gasteiger charge is -2.13. The molecule has 0 aliphatic carbocycles. The number of hydrogen-bond acceptors (Lipinski definition) is 4. The highest BCUT2D eigenvalue weighted by atomic mass is 32.1. The molecule has 0 spiro atoms. The fourth-order valence-corrected chi connectivity index (χ4v) is 2.21. The number of nitrogens with two attached hydrogens (primary N) is 1. The van der Waals surface area contributed by atoms with Crippen LogP contribution >= 0.6 is 11.3 Å². The molecule has 0 radical (unpaired) electrons. The van der Waals surface area contributed by atoms with E-state index in [0.29, 0.717) is 6.42 Å². The van der Waals surface area contributed by atoms with Gasteiger partial charge in [0.1, 0.15) is 6.04 Å². The van der Waals surface area contributed by atoms with Crippen LogP contribution in [0.5, 0.6) is 0 Å². The average molecular weight is 284 g/mol. The normalized spacial score (nSPS) is 11.8. The van der Waals surface area contributed by atoms with E-state index in [1.165, 1.54) is 0 Å². The molecular formula is C12H16N2O4S. The van der Waals surface area contributed by atoms with E-state index in [9.17, 15) is 14.4 Å². The molecule has 0 bridgehead atoms. The molecule has 104 valence electrons. The molecule has 19 heavy (non-hydrogen) atoms. The third kappa shape index (κ3) is 6.01. The molecule has 4 N–H and O–H groups in total. The summed E-state index contributed by atoms with van der Waals surface area (Å²) in [6, 6.07) is 2.74. The van der Waals surface area contributed by atoms with E-state index in [2.05, 4.69) is 5.32 Å². The van der Waals surface area contributed by atoms with Crippen LogP contribution in [0.2, 0.25) is 0 Å². The third-order valence-corrected chi connectivity index (χ3v) is 3.43. The Morgan fingerprint density at radius 3 is 2.63 bits per heavy atom. The van der Waals surface area contributed by atoms with E-state index < -0.39 is 17.9 Å². The predicted molar refractivity (Wildman–Crippen MR) is 70.6 cm³/mol. The van der Waals surface area contributed by atoms with Gasteiger partial charge in [-0.2, -0.15) is 0 Å². The molecule has 1 atom stereocenters. The molecule has 1 rings (SSSR count). The first-order valence-electron chi connectivity index (χ1n) is 5.82. The predicted octanol–water partition coefficient (Wildman–Crippen LogP) is 0.516. The molecule has 0 aromatic carbocycles. The minimum Gasteiger partial charge on any atom is -0.480 e. The van der Waals surface area contributed by atoms with Gasteiger partial charge in [0.25, 0.3) is 0 Å². The van der Waals surface area contributed by atoms with Gasteiger partial charge in [0.15, 0.2) is 0 Å². The standard InChI is InChI=1S/C12H16N2O4S/c13-10(15)5-4-9(12(17)18)14-11(16)6-3-8-2-1-7-19-8/h1-2,7,9H,3-6H2,(H2,13,15)(H,14,16)(H,17,18). The maximum absolute atomic E-state index is 11.6. The number of carbonyl (C=O) groups excluding carboxylic acids is 2. The zero-order valence-electron chi connectivity index (χ0n) is 10.3. The van der Waals surface area contributed by atoms with Crippen molar-refractivity contribution in [3.8, 4) is 0 Å². The van der Waals surface area contributed by atoms with Gasteiger partial charge >= 0.3 is 5.97 Å². The van der Waals surface area contributed by atoms with Crippen LogP contribution in [0.1, 0.15) is 24.1 Å². The number of nitrogens with one attached hydrogen (secondary N) is 1. The minimum atomic E-state index is -1.16. The molecule has 1 aromatic heterocycles. The van der Waals surface area contributed by atoms with E-state index in [0.717, 1.165) is 4.88 Å². The van der Waals surface area contributed by atoms with Gasteiger partial charge in [0, 0.05) is 17.7 Å². The molecule has 0 fully saturated rings. The maximum Gasteiger partial charge on any atom is 0.326 e. The number of primary amides is 1. The molecule has 1 heterocycles. The monoisotopic (exact) mass is 284 g/mol. The summed E-state index contributed by atoms with van der Waals surface area (Å²) in [5.41, 5.74) is 4.95. The number of carbonyl (C=O) groups is 3. The molecule has 1 unspecified atom stereocenters. The van der Waals surface area contributed by atoms with E-state index in [1.54, 1.807) is 11.3 Å². The van der Waals surface area contributed by atoms with Crippen molar-refractivity contribution in [2.45, 2.75) is 31.7 Å². The summed E-state index contributed by atoms with van der Waals surface area (Å²) in [4.78, 5) is 34.2. The number of aliphatic carboxylic acids is 1. The lowest BCUT2D eigenvalue weighted by atomic mass is 10.1. The van der Waals surface area contributed by atoms with E-state index in [1.807, 2.05) is 17.5 Å². The van der Waals surface area contributed by atoms with Gasteiger partial charge in [-0.15, -0.1) is 11.3 Å². The van der Waals surface area contributed by atoms with Crippen molar-refractivity contribution in [3.05, 3.63) is 22.4 Å². The Morgan fingerprint density at radius 1 is 1.37 bits per heavy atom. The first-order chi connectivity index (χ1) is 8.99. The van der Waals surface area contributed by atoms with Crippen LogP contribution in [0.4, 0.5) is 0 Å². The Bertz CT molecular complexity index is 445. The molecule has 7 heteroatoms. The summed E-state index contributed by atoms with van der Waals surface area (Å²) in [6.45, 7) is 0. The minimum absolute atomic E-state index is 0.00933. The fraction of sp³-hybridized carbons (Fsp3) is 0.417. The SMILES string of the molecule is NC(=O)CCC(NC(=O)CCc1cccs1)C(=O)O. The smallest absolute Gasteiger partial charge is 0.326 e. The number of hydrogen-bond donors (Lipinski definition) is 3. The van der Waals surface area contributed by atoms with E-state index >= 15 is 0 Å². The topological polar surface area (TPSA) is 109 Å². The highest BCUT2D eigenvalue weighted by Crippen LogP contribution is 2.10. The van der Waals surface area contributed by atoms with Crippen LogP contribution in [0.25, 0.3) is 0 Å². The Kier molecular flexibility index (Phi) is 6.01. The number of rotatable bonds is 8. The highest BCUT2D eigenvalue weighted by Gasteiger charge is 2.20. The summed E-state index contributed by atoms with van der Waals surface area (Å²) in [5.74, 6) is -2.09. The number of amides is 2. The number of carboxylic acid groups (broad SMARTS) is 1. The lowest BCUT2D eigenvalue weighted by molar-refractivity contribution is -0.142. The maximum atomic E-state index is 11.6. The van der Waals surface area contributed by atoms with Crippen molar-refractivity contribution in [1.29, 1.82) is 0 Å². The highest BCUT2D eigenvalue weighted by molar-refractivity contribution is 7.09. The molecule has 0 aliphatic heterocycles. The van der Waals surface area contributed by atoms with Gasteiger partial charge in [-0.1, -0.05) is 6.07 Å². The molecule has 1 aromatic rings. The summed E-state index contributed by atoms with van der Waals surface area (Å²) in [6.07, 6.45) is 0.740. The van der Waals surface area contributed by atoms with Crippen molar-refractivity contribution in [2.24, 2.45) is 5.73 Å². The average Bonchev–Trinajstić information content (AvgIpc) is 2.84. The van der Waals surface area contributed by atoms with Gasteiger partial charge in [-0.25, -0.2) is 4.79 Å². The first kappa shape index (κ1) is 15.2. The van der Waals surface area contributed by atoms with E-state index in [4.69, 9.17) is 10.8 Å². The van der Waals surface area contributed by atoms with Gasteiger partial charge in [-0.3, -0.25) is 9.59 Å². The second kappa shape index (κ2) is 7.52. The Hall–Kier alpha value is -1.89. The van der Waals surface area contributed by atoms with Crippen molar-refractivity contribution >= 4 is 29.1 Å². The second-order valence-electron chi connectivity index (χ2n) is 4.04. The summed E-state index contributed by atoms with van der Waals surface area (Å²) >= 11 is 1.55. The summed E-state index contributed by atoms with van der Waals surface area (Å²) in [7, 11) is 0. The number of aryl methyl sites for hydroxylation is 1. The van der Waals surface area contributed by atoms with Crippen LogP contribution < -0.4 is 11.1 Å². The van der Waals surface area contributed by atoms with Crippen LogP contribution in [-0.4, -0.2) is 28.9 Å². The van der Waals surface area contributed by atoms with Crippen molar-refractivity contribution < 1.29 is 19.5 Å². The van der Waals surface area contributed by atoms with Crippen LogP contribution in [0.3, 0.4) is 0 Å². The lowest BCUT2D eigenvalue weighted by Crippen LogP contribution is -2.41. The fourth-order valence-electron chi connectivity index (χ4n) is 1.50. The second-order valence-corrected chi connectivity index (χ2v) is 5.07. The van der Waals surface area contributed by atoms with Gasteiger partial charge in [0.2, 0.25) is 11.8 Å². The van der Waals surface area contributed by atoms with Crippen LogP contribution in [0, 0.1) is 0 Å². The summed E-state index contributed by atoms with van der Waals surface area (Å²) in [5, 5.41) is 13.2. The molecule has 2 amide bonds. The Labute approximate surface area is 114 Å². The Balaban J connectivity index is 2.38. The van der Waals surface area contributed by atoms with E-state index in [-0.39, 0.29) is 25.2 Å². The van der Waals surface area contributed by atoms with Crippen molar-refractivity contribution in [1.82, 2.24) is 5.32 Å². The van der Waals surface area contributed by atoms with Crippen LogP contribution in [0.15, 0.2) is 17.5 Å². The zero-order chi connectivity index (χ0) is 14.3. The van der Waals surface area contributed by atoms with Gasteiger partial charge in [-0.05, 0) is 24.3 Å². The number of thiophene rings is 1. The Morgan fingerprint density at radius 2 is 2.11 bits per heavy atom. The largest absolute Gasteiger partial charge is 0.480 e. The molecule has 0 saturated carbocycles. The molecule has 6 nitrogen and oxygen atoms in total. The molecule has 0 saturated heterocycles. The zero-order valence-corrected chi connectivity index (χ0v) is 11.1. The first-order valence-corrected chi connectivity index (χ1v) is 6.70. The quantitative estimate of drug-likeness (QED) is 0.646. The molecular weight excluding hydrogens is 268 g/mol. The van der Waals surface area contributed by atoms with Gasteiger partial charge in [0.05, 0.1) is 0 Å². The van der Waals surface area contributed by atoms with Crippen LogP contribution in [-0.2, 0) is 20.8 Å². The van der Waals surface area contributed by atoms with Crippen molar-refractivity contribution in [3.63, 3.8) is 0 Å². The molecule has 0 aliphatic rings.